The number of hydrogen-bond donors (Lipinski definition) is 2. The molecule has 0 atom stereocenters. The van der Waals surface area contributed by atoms with Crippen molar-refractivity contribution in [3.63, 3.8) is 0 Å². The summed E-state index contributed by atoms with van der Waals surface area (Å²) in [6, 6.07) is 16.4. The predicted molar refractivity (Wildman–Crippen MR) is 229 cm³/mol. The second kappa shape index (κ2) is 17.0. The lowest BCUT2D eigenvalue weighted by Crippen LogP contribution is -2.55. The summed E-state index contributed by atoms with van der Waals surface area (Å²) in [5, 5.41) is 4.45. The van der Waals surface area contributed by atoms with Gasteiger partial charge >= 0.3 is 24.7 Å². The third kappa shape index (κ3) is 8.41. The topological polar surface area (TPSA) is 133 Å². The van der Waals surface area contributed by atoms with Crippen LogP contribution in [0.1, 0.15) is 90.0 Å². The number of nitrogens with zero attached hydrogens (tertiary/aromatic N) is 2. The van der Waals surface area contributed by atoms with Gasteiger partial charge in [-0.2, -0.15) is 52.7 Å². The third-order valence-electron chi connectivity index (χ3n) is 11.8. The summed E-state index contributed by atoms with van der Waals surface area (Å²) in [6.45, 7) is 1.74. The number of alkyl halides is 12. The Kier molecular flexibility index (Phi) is 11.8. The largest absolute Gasteiger partial charge is 0.417 e. The Morgan fingerprint density at radius 1 is 0.437 bits per heavy atom. The first-order valence-electron chi connectivity index (χ1n) is 20.4. The summed E-state index contributed by atoms with van der Waals surface area (Å²) >= 11 is 0. The molecule has 0 saturated heterocycles. The van der Waals surface area contributed by atoms with E-state index < -0.39 is 127 Å². The SMILES string of the molecule is Cc1ccc(C(=O)Nc2ccc(-c3ccc(NC(=O)c4ccc(N5C(=O)c6ccc(C(c7ccc8c(c7)C(=O)N(C)C8=O)(C(F)(F)F)C(F)(F)F)cc6C5=O)cc4)cc3C(F)(F)F)c(C(F)(F)F)c2)cc1. The van der Waals surface area contributed by atoms with Crippen LogP contribution in [0.15, 0.2) is 121 Å². The molecule has 0 fully saturated rings. The number of carbonyl (C=O) groups excluding carboxylic acids is 6. The fraction of sp³-hybridized carbons (Fsp3) is 0.143. The summed E-state index contributed by atoms with van der Waals surface area (Å²) in [5.74, 6) is -6.65. The van der Waals surface area contributed by atoms with Crippen molar-refractivity contribution < 1.29 is 81.5 Å². The van der Waals surface area contributed by atoms with E-state index in [2.05, 4.69) is 10.6 Å². The molecule has 0 radical (unpaired) electrons. The van der Waals surface area contributed by atoms with Crippen molar-refractivity contribution >= 4 is 52.5 Å². The summed E-state index contributed by atoms with van der Waals surface area (Å²) in [5.41, 5.74) is -16.4. The smallest absolute Gasteiger partial charge is 0.322 e. The molecule has 6 aromatic rings. The van der Waals surface area contributed by atoms with E-state index in [1.165, 1.54) is 12.1 Å². The monoisotopic (exact) mass is 996 g/mol. The van der Waals surface area contributed by atoms with Crippen molar-refractivity contribution in [1.29, 1.82) is 0 Å². The molecule has 2 aliphatic rings. The lowest BCUT2D eigenvalue weighted by atomic mass is 9.71. The summed E-state index contributed by atoms with van der Waals surface area (Å²) < 4.78 is 177. The van der Waals surface area contributed by atoms with Crippen molar-refractivity contribution in [1.82, 2.24) is 4.90 Å². The second-order valence-electron chi connectivity index (χ2n) is 16.2. The number of anilines is 3. The molecule has 6 aromatic carbocycles. The molecule has 8 rings (SSSR count). The lowest BCUT2D eigenvalue weighted by molar-refractivity contribution is -0.288. The van der Waals surface area contributed by atoms with Crippen LogP contribution in [0, 0.1) is 6.92 Å². The number of benzene rings is 6. The van der Waals surface area contributed by atoms with Gasteiger partial charge in [0.05, 0.1) is 39.1 Å². The highest BCUT2D eigenvalue weighted by molar-refractivity contribution is 6.34. The van der Waals surface area contributed by atoms with Gasteiger partial charge < -0.3 is 10.6 Å². The number of aryl methyl sites for hydroxylation is 1. The van der Waals surface area contributed by atoms with Crippen LogP contribution in [-0.2, 0) is 17.8 Å². The van der Waals surface area contributed by atoms with Crippen molar-refractivity contribution in [2.24, 2.45) is 0 Å². The molecule has 0 bridgehead atoms. The van der Waals surface area contributed by atoms with E-state index in [1.54, 1.807) is 19.1 Å². The quantitative estimate of drug-likeness (QED) is 0.115. The molecule has 0 aromatic heterocycles. The fourth-order valence-electron chi connectivity index (χ4n) is 8.34. The van der Waals surface area contributed by atoms with Crippen molar-refractivity contribution in [3.8, 4) is 11.1 Å². The maximum atomic E-state index is 15.1. The van der Waals surface area contributed by atoms with Crippen LogP contribution in [0.4, 0.5) is 69.7 Å². The van der Waals surface area contributed by atoms with Gasteiger partial charge in [0.2, 0.25) is 5.41 Å². The number of fused-ring (bicyclic) bond motifs is 2. The van der Waals surface area contributed by atoms with Gasteiger partial charge in [-0.3, -0.25) is 33.7 Å². The van der Waals surface area contributed by atoms with Crippen LogP contribution in [0.5, 0.6) is 0 Å². The van der Waals surface area contributed by atoms with E-state index in [-0.39, 0.29) is 28.6 Å². The Morgan fingerprint density at radius 2 is 0.803 bits per heavy atom. The molecule has 6 amide bonds. The molecule has 364 valence electrons. The normalized spacial score (nSPS) is 14.2. The maximum absolute atomic E-state index is 15.1. The van der Waals surface area contributed by atoms with Gasteiger partial charge in [-0.25, -0.2) is 4.90 Å². The first-order chi connectivity index (χ1) is 33.0. The Hall–Kier alpha value is -8.30. The van der Waals surface area contributed by atoms with Crippen molar-refractivity contribution in [2.45, 2.75) is 37.0 Å². The van der Waals surface area contributed by atoms with Gasteiger partial charge in [-0.1, -0.05) is 42.0 Å². The zero-order chi connectivity index (χ0) is 51.9. The van der Waals surface area contributed by atoms with Crippen LogP contribution in [0.25, 0.3) is 11.1 Å². The molecule has 0 spiro atoms. The number of imide groups is 2. The number of nitrogens with one attached hydrogen (secondary N) is 2. The van der Waals surface area contributed by atoms with Crippen LogP contribution < -0.4 is 15.5 Å². The van der Waals surface area contributed by atoms with Gasteiger partial charge in [0, 0.05) is 29.5 Å². The van der Waals surface area contributed by atoms with E-state index >= 15 is 26.3 Å². The number of amides is 6. The van der Waals surface area contributed by atoms with E-state index in [1.807, 2.05) is 0 Å². The molecule has 10 nitrogen and oxygen atoms in total. The Labute approximate surface area is 391 Å². The maximum Gasteiger partial charge on any atom is 0.417 e. The second-order valence-corrected chi connectivity index (χ2v) is 16.2. The first-order valence-corrected chi connectivity index (χ1v) is 20.4. The number of carbonyl (C=O) groups is 6. The zero-order valence-corrected chi connectivity index (χ0v) is 35.9. The average molecular weight is 997 g/mol. The van der Waals surface area contributed by atoms with Gasteiger partial charge in [-0.05, 0) is 114 Å². The first kappa shape index (κ1) is 49.1. The third-order valence-corrected chi connectivity index (χ3v) is 11.8. The highest BCUT2D eigenvalue weighted by Gasteiger charge is 2.73. The standard InChI is InChI=1S/C49H28F12N4O6/c1-23-3-5-24(6-4-23)39(66)62-28-11-17-31(37(21-28)46(50,51)52)32-18-12-29(22-38(32)47(53,54)55)63-40(67)25-7-13-30(14-8-25)65-43(70)34-16-10-27(20-36(34)44(65)71)45(48(56,57)58,49(59,60)61)26-9-15-33-35(19-26)42(69)64(2)41(33)68/h3-22H,1-2H3,(H,62,66)(H,63,67). The Balaban J connectivity index is 1.05. The lowest BCUT2D eigenvalue weighted by Gasteiger charge is -2.38. The van der Waals surface area contributed by atoms with Crippen molar-refractivity contribution in [2.75, 3.05) is 22.6 Å². The van der Waals surface area contributed by atoms with Crippen LogP contribution >= 0.6 is 0 Å². The van der Waals surface area contributed by atoms with Gasteiger partial charge in [0.1, 0.15) is 0 Å². The van der Waals surface area contributed by atoms with Gasteiger partial charge in [-0.15, -0.1) is 0 Å². The van der Waals surface area contributed by atoms with Crippen LogP contribution in [0.2, 0.25) is 0 Å². The molecule has 22 heteroatoms. The molecule has 2 heterocycles. The Morgan fingerprint density at radius 3 is 1.23 bits per heavy atom. The Bertz CT molecular complexity index is 3240. The minimum absolute atomic E-state index is 0.0969. The van der Waals surface area contributed by atoms with E-state index in [9.17, 15) is 55.1 Å². The highest BCUT2D eigenvalue weighted by atomic mass is 19.4. The molecular weight excluding hydrogens is 969 g/mol. The average Bonchev–Trinajstić information content (AvgIpc) is 3.66. The van der Waals surface area contributed by atoms with Crippen LogP contribution in [-0.4, -0.2) is 59.7 Å². The molecule has 2 aliphatic heterocycles. The minimum atomic E-state index is -6.21. The van der Waals surface area contributed by atoms with E-state index in [4.69, 9.17) is 0 Å². The summed E-state index contributed by atoms with van der Waals surface area (Å²) in [4.78, 5) is 79.0. The molecular formula is C49H28F12N4O6. The predicted octanol–water partition coefficient (Wildman–Crippen LogP) is 11.6. The molecule has 0 unspecified atom stereocenters. The number of rotatable bonds is 8. The van der Waals surface area contributed by atoms with Crippen molar-refractivity contribution in [3.05, 3.63) is 183 Å². The van der Waals surface area contributed by atoms with E-state index in [0.29, 0.717) is 58.3 Å². The summed E-state index contributed by atoms with van der Waals surface area (Å²) in [6.07, 6.45) is -22.9. The van der Waals surface area contributed by atoms with Crippen LogP contribution in [0.3, 0.4) is 0 Å². The highest BCUT2D eigenvalue weighted by Crippen LogP contribution is 2.57. The minimum Gasteiger partial charge on any atom is -0.322 e. The molecule has 0 saturated carbocycles. The zero-order valence-electron chi connectivity index (χ0n) is 35.9. The fourth-order valence-corrected chi connectivity index (χ4v) is 8.34. The van der Waals surface area contributed by atoms with Gasteiger partial charge in [0.25, 0.3) is 35.4 Å². The summed E-state index contributed by atoms with van der Waals surface area (Å²) in [7, 11) is 0.974. The molecule has 0 aliphatic carbocycles. The molecule has 2 N–H and O–H groups in total. The van der Waals surface area contributed by atoms with Gasteiger partial charge in [0.15, 0.2) is 0 Å². The molecule has 71 heavy (non-hydrogen) atoms. The number of hydrogen-bond acceptors (Lipinski definition) is 6. The van der Waals surface area contributed by atoms with E-state index in [0.717, 1.165) is 55.1 Å². The number of halogens is 12.